The molecule has 3 N–H and O–H groups in total. The predicted octanol–water partition coefficient (Wildman–Crippen LogP) is 5.19. The summed E-state index contributed by atoms with van der Waals surface area (Å²) in [4.78, 5) is 30.6. The number of methoxy groups -OCH3 is 3. The van der Waals surface area contributed by atoms with E-state index >= 15 is 0 Å². The largest absolute Gasteiger partial charge is 0.478 e. The summed E-state index contributed by atoms with van der Waals surface area (Å²) >= 11 is 0. The smallest absolute Gasteiger partial charge is 0.335 e. The zero-order chi connectivity index (χ0) is 38.6. The summed E-state index contributed by atoms with van der Waals surface area (Å²) in [6.07, 6.45) is 3.76. The van der Waals surface area contributed by atoms with Crippen molar-refractivity contribution < 1.29 is 48.3 Å². The van der Waals surface area contributed by atoms with Crippen LogP contribution in [0.25, 0.3) is 0 Å². The van der Waals surface area contributed by atoms with E-state index in [2.05, 4.69) is 0 Å². The normalized spacial score (nSPS) is 8.63. The van der Waals surface area contributed by atoms with E-state index < -0.39 is 17.9 Å². The zero-order valence-corrected chi connectivity index (χ0v) is 37.2. The average Bonchev–Trinajstić information content (AvgIpc) is 3.16. The molecular formula is C36H63FO9Si3. The fourth-order valence-electron chi connectivity index (χ4n) is 2.61. The fraction of sp³-hybridized carbons (Fsp3) is 0.417. The summed E-state index contributed by atoms with van der Waals surface area (Å²) in [5, 5.41) is 25.2. The van der Waals surface area contributed by atoms with Crippen LogP contribution in [0.15, 0.2) is 91.0 Å². The van der Waals surface area contributed by atoms with Gasteiger partial charge in [-0.2, -0.15) is 0 Å². The standard InChI is InChI=1S/3C7H6O2.3C4H12OSi.C2H6.CH3F/c3*8-7(9)6-4-2-1-3-5-6;3*1-5-3-2-4-6;2*1-2/h3*1-5H,(H,8,9);3*2-4H2,1,6H3;1-2H3;1H3. The van der Waals surface area contributed by atoms with E-state index in [1.807, 2.05) is 13.8 Å². The SMILES string of the molecule is CC.CF.COCCC[SiH3].COCCC[SiH3].COCCC[SiH3].O=C(O)c1ccccc1.O=C(O)c1ccccc1.O=C(O)c1ccccc1. The van der Waals surface area contributed by atoms with Gasteiger partial charge in [0, 0.05) is 71.9 Å². The van der Waals surface area contributed by atoms with Gasteiger partial charge in [-0.3, -0.25) is 4.39 Å². The Bertz CT molecular complexity index is 918. The summed E-state index contributed by atoms with van der Waals surface area (Å²) in [5.41, 5.74) is 0.993. The maximum absolute atomic E-state index is 10.2. The molecule has 0 atom stereocenters. The molecule has 49 heavy (non-hydrogen) atoms. The van der Waals surface area contributed by atoms with Gasteiger partial charge in [-0.15, -0.1) is 0 Å². The van der Waals surface area contributed by atoms with E-state index in [4.69, 9.17) is 29.5 Å². The summed E-state index contributed by atoms with van der Waals surface area (Å²) in [5.74, 6) is -2.64. The van der Waals surface area contributed by atoms with E-state index in [9.17, 15) is 18.8 Å². The number of hydrogen-bond donors (Lipinski definition) is 3. The molecule has 280 valence electrons. The molecule has 0 aliphatic carbocycles. The Morgan fingerprint density at radius 2 is 0.673 bits per heavy atom. The summed E-state index contributed by atoms with van der Waals surface area (Å²) in [7, 11) is 9.71. The highest BCUT2D eigenvalue weighted by molar-refractivity contribution is 6.08. The number of ether oxygens (including phenoxy) is 3. The van der Waals surface area contributed by atoms with Crippen molar-refractivity contribution in [1.82, 2.24) is 0 Å². The van der Waals surface area contributed by atoms with Crippen LogP contribution in [-0.4, -0.2) is 112 Å². The van der Waals surface area contributed by atoms with Gasteiger partial charge in [-0.25, -0.2) is 14.4 Å². The molecule has 0 aromatic heterocycles. The van der Waals surface area contributed by atoms with Crippen LogP contribution < -0.4 is 0 Å². The molecule has 13 heteroatoms. The third-order valence-electron chi connectivity index (χ3n) is 5.17. The van der Waals surface area contributed by atoms with Crippen LogP contribution in [0.2, 0.25) is 18.1 Å². The van der Waals surface area contributed by atoms with E-state index in [0.717, 1.165) is 19.8 Å². The molecule has 0 unspecified atom stereocenters. The van der Waals surface area contributed by atoms with Gasteiger partial charge in [0.2, 0.25) is 0 Å². The Kier molecular flexibility index (Phi) is 54.9. The molecule has 3 aromatic rings. The molecule has 0 fully saturated rings. The van der Waals surface area contributed by atoms with Gasteiger partial charge in [0.05, 0.1) is 23.9 Å². The second-order valence-electron chi connectivity index (χ2n) is 9.05. The molecule has 0 saturated carbocycles. The highest BCUT2D eigenvalue weighted by Gasteiger charge is 1.98. The van der Waals surface area contributed by atoms with Crippen LogP contribution >= 0.6 is 0 Å². The maximum Gasteiger partial charge on any atom is 0.335 e. The third kappa shape index (κ3) is 46.7. The molecule has 3 rings (SSSR count). The number of halogens is 1. The van der Waals surface area contributed by atoms with Crippen LogP contribution in [0.3, 0.4) is 0 Å². The number of carboxylic acids is 3. The van der Waals surface area contributed by atoms with Crippen LogP contribution in [0, 0.1) is 0 Å². The van der Waals surface area contributed by atoms with Crippen molar-refractivity contribution in [1.29, 1.82) is 0 Å². The van der Waals surface area contributed by atoms with Gasteiger partial charge in [0.25, 0.3) is 0 Å². The van der Waals surface area contributed by atoms with Gasteiger partial charge in [-0.1, -0.05) is 86.6 Å². The van der Waals surface area contributed by atoms with Crippen molar-refractivity contribution >= 4 is 48.6 Å². The van der Waals surface area contributed by atoms with Crippen molar-refractivity contribution in [3.8, 4) is 0 Å². The molecule has 9 nitrogen and oxygen atoms in total. The number of alkyl halides is 1. The Morgan fingerprint density at radius 3 is 0.755 bits per heavy atom. The first-order valence-electron chi connectivity index (χ1n) is 16.4. The molecule has 0 spiro atoms. The second kappa shape index (κ2) is 48.9. The van der Waals surface area contributed by atoms with Crippen LogP contribution in [-0.2, 0) is 14.2 Å². The van der Waals surface area contributed by atoms with Gasteiger partial charge >= 0.3 is 17.9 Å². The van der Waals surface area contributed by atoms with Gasteiger partial charge in [-0.05, 0) is 55.7 Å². The molecule has 0 radical (unpaired) electrons. The van der Waals surface area contributed by atoms with Crippen molar-refractivity contribution in [2.45, 2.75) is 51.2 Å². The Balaban J connectivity index is -0.000000156. The topological polar surface area (TPSA) is 140 Å². The first kappa shape index (κ1) is 55.0. The van der Waals surface area contributed by atoms with Gasteiger partial charge in [0.1, 0.15) is 0 Å². The number of aromatic carboxylic acids is 3. The summed E-state index contributed by atoms with van der Waals surface area (Å²) in [6.45, 7) is 6.84. The number of carboxylic acid groups (broad SMARTS) is 3. The fourth-order valence-corrected chi connectivity index (χ4v) is 3.47. The number of benzene rings is 3. The van der Waals surface area contributed by atoms with Crippen LogP contribution in [0.5, 0.6) is 0 Å². The monoisotopic (exact) mass is 742 g/mol. The average molecular weight is 743 g/mol. The molecule has 0 aliphatic rings. The predicted molar refractivity (Wildman–Crippen MR) is 212 cm³/mol. The Labute approximate surface area is 303 Å². The number of rotatable bonds is 12. The first-order chi connectivity index (χ1) is 23.7. The first-order valence-corrected chi connectivity index (χ1v) is 20.6. The highest BCUT2D eigenvalue weighted by Crippen LogP contribution is 1.97. The van der Waals surface area contributed by atoms with Crippen molar-refractivity contribution in [2.24, 2.45) is 0 Å². The van der Waals surface area contributed by atoms with Gasteiger partial charge < -0.3 is 29.5 Å². The summed E-state index contributed by atoms with van der Waals surface area (Å²) in [6, 6.07) is 29.0. The molecule has 0 amide bonds. The van der Waals surface area contributed by atoms with Crippen LogP contribution in [0.4, 0.5) is 4.39 Å². The minimum absolute atomic E-state index is 0.331. The van der Waals surface area contributed by atoms with E-state index in [1.165, 1.54) is 68.1 Å². The Morgan fingerprint density at radius 1 is 0.490 bits per heavy atom. The van der Waals surface area contributed by atoms with Crippen molar-refractivity contribution in [3.05, 3.63) is 108 Å². The molecule has 0 aliphatic heterocycles. The lowest BCUT2D eigenvalue weighted by atomic mass is 10.2. The molecule has 0 bridgehead atoms. The van der Waals surface area contributed by atoms with Crippen molar-refractivity contribution in [2.75, 3.05) is 48.3 Å². The lowest BCUT2D eigenvalue weighted by molar-refractivity contribution is 0.0686. The maximum atomic E-state index is 10.2. The molecular weight excluding hydrogens is 680 g/mol. The zero-order valence-electron chi connectivity index (χ0n) is 31.2. The van der Waals surface area contributed by atoms with E-state index in [0.29, 0.717) is 23.9 Å². The second-order valence-corrected chi connectivity index (χ2v) is 12.1. The van der Waals surface area contributed by atoms with Crippen molar-refractivity contribution in [3.63, 3.8) is 0 Å². The highest BCUT2D eigenvalue weighted by atomic mass is 28.2. The molecule has 0 heterocycles. The quantitative estimate of drug-likeness (QED) is 0.169. The van der Waals surface area contributed by atoms with Gasteiger partial charge in [0.15, 0.2) is 0 Å². The summed E-state index contributed by atoms with van der Waals surface area (Å²) < 4.78 is 23.9. The minimum atomic E-state index is -0.879. The molecule has 0 saturated heterocycles. The number of carbonyl (C=O) groups is 3. The Hall–Kier alpha value is -3.47. The lowest BCUT2D eigenvalue weighted by Gasteiger charge is -1.89. The van der Waals surface area contributed by atoms with Crippen LogP contribution in [0.1, 0.15) is 64.2 Å². The molecule has 3 aromatic carbocycles. The lowest BCUT2D eigenvalue weighted by Crippen LogP contribution is -1.93. The number of hydrogen-bond acceptors (Lipinski definition) is 6. The minimum Gasteiger partial charge on any atom is -0.478 e. The third-order valence-corrected chi connectivity index (χ3v) is 7.29. The van der Waals surface area contributed by atoms with E-state index in [-0.39, 0.29) is 0 Å². The van der Waals surface area contributed by atoms with E-state index in [1.54, 1.807) is 112 Å².